The second-order valence-corrected chi connectivity index (χ2v) is 5.82. The van der Waals surface area contributed by atoms with Gasteiger partial charge in [0, 0.05) is 13.1 Å². The lowest BCUT2D eigenvalue weighted by atomic mass is 10.2. The lowest BCUT2D eigenvalue weighted by Gasteiger charge is -2.27. The molecular weight excluding hydrogens is 315 g/mol. The third-order valence-electron chi connectivity index (χ3n) is 2.55. The minimum atomic E-state index is -4.75. The third-order valence-corrected chi connectivity index (χ3v) is 2.55. The number of carbonyl (C=O) groups is 1. The maximum atomic E-state index is 12.1. The van der Waals surface area contributed by atoms with Crippen LogP contribution in [0.5, 0.6) is 5.75 Å². The molecule has 0 saturated carbocycles. The summed E-state index contributed by atoms with van der Waals surface area (Å²) in [5, 5.41) is 9.04. The highest BCUT2D eigenvalue weighted by Gasteiger charge is 2.31. The molecule has 5 nitrogen and oxygen atoms in total. The van der Waals surface area contributed by atoms with Crippen molar-refractivity contribution in [1.29, 1.82) is 0 Å². The lowest BCUT2D eigenvalue weighted by Crippen LogP contribution is -2.38. The summed E-state index contributed by atoms with van der Waals surface area (Å²) >= 11 is 0. The van der Waals surface area contributed by atoms with Crippen molar-refractivity contribution in [2.45, 2.75) is 39.3 Å². The van der Waals surface area contributed by atoms with Gasteiger partial charge in [-0.25, -0.2) is 4.79 Å². The molecular formula is C15H20F3NO4. The largest absolute Gasteiger partial charge is 0.573 e. The molecule has 0 spiro atoms. The maximum Gasteiger partial charge on any atom is 0.573 e. The van der Waals surface area contributed by atoms with Gasteiger partial charge in [0.15, 0.2) is 0 Å². The van der Waals surface area contributed by atoms with E-state index in [9.17, 15) is 18.0 Å². The van der Waals surface area contributed by atoms with E-state index in [1.807, 2.05) is 0 Å². The van der Waals surface area contributed by atoms with Crippen molar-refractivity contribution in [3.05, 3.63) is 29.8 Å². The number of nitrogens with zero attached hydrogens (tertiary/aromatic N) is 1. The second kappa shape index (κ2) is 7.54. The molecule has 1 aromatic carbocycles. The Morgan fingerprint density at radius 1 is 1.17 bits per heavy atom. The number of amides is 1. The molecule has 0 bridgehead atoms. The standard InChI is InChI=1S/C15H20F3NO4/c1-14(2,3)23-13(21)19(8-9-20)10-11-4-6-12(7-5-11)22-15(16,17)18/h4-7,20H,8-10H2,1-3H3. The van der Waals surface area contributed by atoms with Crippen LogP contribution in [0.25, 0.3) is 0 Å². The van der Waals surface area contributed by atoms with Gasteiger partial charge in [-0.1, -0.05) is 12.1 Å². The van der Waals surface area contributed by atoms with Crippen molar-refractivity contribution in [1.82, 2.24) is 4.90 Å². The van der Waals surface area contributed by atoms with Crippen LogP contribution in [0, 0.1) is 0 Å². The van der Waals surface area contributed by atoms with E-state index >= 15 is 0 Å². The zero-order valence-electron chi connectivity index (χ0n) is 13.2. The number of ether oxygens (including phenoxy) is 2. The topological polar surface area (TPSA) is 59.0 Å². The number of carbonyl (C=O) groups excluding carboxylic acids is 1. The zero-order valence-corrected chi connectivity index (χ0v) is 13.2. The number of hydrogen-bond acceptors (Lipinski definition) is 4. The molecule has 0 aromatic heterocycles. The van der Waals surface area contributed by atoms with Crippen molar-refractivity contribution in [3.8, 4) is 5.75 Å². The molecule has 1 amide bonds. The van der Waals surface area contributed by atoms with Gasteiger partial charge in [-0.3, -0.25) is 0 Å². The van der Waals surface area contributed by atoms with Crippen molar-refractivity contribution in [3.63, 3.8) is 0 Å². The minimum absolute atomic E-state index is 0.0513. The van der Waals surface area contributed by atoms with Gasteiger partial charge >= 0.3 is 12.5 Å². The predicted molar refractivity (Wildman–Crippen MR) is 76.9 cm³/mol. The Hall–Kier alpha value is -1.96. The minimum Gasteiger partial charge on any atom is -0.444 e. The molecule has 0 atom stereocenters. The number of halogens is 3. The molecule has 0 saturated heterocycles. The van der Waals surface area contributed by atoms with Crippen LogP contribution in [-0.2, 0) is 11.3 Å². The van der Waals surface area contributed by atoms with Crippen LogP contribution in [0.2, 0.25) is 0 Å². The molecule has 1 aromatic rings. The van der Waals surface area contributed by atoms with Gasteiger partial charge in [0.05, 0.1) is 6.61 Å². The summed E-state index contributed by atoms with van der Waals surface area (Å²) in [6.07, 6.45) is -5.36. The number of alkyl halides is 3. The maximum absolute atomic E-state index is 12.1. The first-order chi connectivity index (χ1) is 10.5. The molecule has 0 heterocycles. The molecule has 23 heavy (non-hydrogen) atoms. The molecule has 0 aliphatic carbocycles. The first kappa shape index (κ1) is 19.1. The van der Waals surface area contributed by atoms with Crippen LogP contribution in [0.1, 0.15) is 26.3 Å². The summed E-state index contributed by atoms with van der Waals surface area (Å²) in [6.45, 7) is 5.04. The van der Waals surface area contributed by atoms with Gasteiger partial charge in [0.1, 0.15) is 11.4 Å². The summed E-state index contributed by atoms with van der Waals surface area (Å²) in [5.41, 5.74) is -0.103. The Kier molecular flexibility index (Phi) is 6.26. The van der Waals surface area contributed by atoms with Crippen LogP contribution >= 0.6 is 0 Å². The van der Waals surface area contributed by atoms with E-state index in [0.717, 1.165) is 12.1 Å². The average Bonchev–Trinajstić information content (AvgIpc) is 2.36. The van der Waals surface area contributed by atoms with E-state index in [2.05, 4.69) is 4.74 Å². The van der Waals surface area contributed by atoms with Crippen molar-refractivity contribution >= 4 is 6.09 Å². The van der Waals surface area contributed by atoms with Gasteiger partial charge in [0.25, 0.3) is 0 Å². The summed E-state index contributed by atoms with van der Waals surface area (Å²) in [4.78, 5) is 13.3. The summed E-state index contributed by atoms with van der Waals surface area (Å²) in [5.74, 6) is -0.341. The van der Waals surface area contributed by atoms with Gasteiger partial charge in [-0.05, 0) is 38.5 Å². The van der Waals surface area contributed by atoms with Gasteiger partial charge in [-0.2, -0.15) is 0 Å². The predicted octanol–water partition coefficient (Wildman–Crippen LogP) is 3.31. The second-order valence-electron chi connectivity index (χ2n) is 5.82. The van der Waals surface area contributed by atoms with Gasteiger partial charge in [0.2, 0.25) is 0 Å². The first-order valence-electron chi connectivity index (χ1n) is 6.93. The fourth-order valence-electron chi connectivity index (χ4n) is 1.70. The highest BCUT2D eigenvalue weighted by atomic mass is 19.4. The Bertz CT molecular complexity index is 509. The van der Waals surface area contributed by atoms with E-state index < -0.39 is 18.1 Å². The molecule has 0 unspecified atom stereocenters. The van der Waals surface area contributed by atoms with Gasteiger partial charge < -0.3 is 19.5 Å². The molecule has 0 aliphatic rings. The molecule has 0 aliphatic heterocycles. The average molecular weight is 335 g/mol. The molecule has 0 radical (unpaired) electrons. The first-order valence-corrected chi connectivity index (χ1v) is 6.93. The van der Waals surface area contributed by atoms with Crippen LogP contribution in [0.3, 0.4) is 0 Å². The number of aliphatic hydroxyl groups excluding tert-OH is 1. The van der Waals surface area contributed by atoms with Crippen molar-refractivity contribution in [2.75, 3.05) is 13.2 Å². The molecule has 130 valence electrons. The monoisotopic (exact) mass is 335 g/mol. The van der Waals surface area contributed by atoms with E-state index in [0.29, 0.717) is 5.56 Å². The summed E-state index contributed by atoms with van der Waals surface area (Å²) < 4.78 is 45.3. The van der Waals surface area contributed by atoms with Crippen LogP contribution in [0.4, 0.5) is 18.0 Å². The number of rotatable bonds is 5. The van der Waals surface area contributed by atoms with Crippen molar-refractivity contribution in [2.24, 2.45) is 0 Å². The lowest BCUT2D eigenvalue weighted by molar-refractivity contribution is -0.274. The SMILES string of the molecule is CC(C)(C)OC(=O)N(CCO)Cc1ccc(OC(F)(F)F)cc1. The smallest absolute Gasteiger partial charge is 0.444 e. The van der Waals surface area contributed by atoms with E-state index in [4.69, 9.17) is 9.84 Å². The Morgan fingerprint density at radius 3 is 2.17 bits per heavy atom. The highest BCUT2D eigenvalue weighted by Crippen LogP contribution is 2.23. The zero-order chi connectivity index (χ0) is 17.7. The summed E-state index contributed by atoms with van der Waals surface area (Å²) in [6, 6.07) is 5.15. The Morgan fingerprint density at radius 2 is 1.74 bits per heavy atom. The van der Waals surface area contributed by atoms with E-state index in [-0.39, 0.29) is 25.4 Å². The van der Waals surface area contributed by atoms with E-state index in [1.165, 1.54) is 17.0 Å². The number of hydrogen-bond donors (Lipinski definition) is 1. The van der Waals surface area contributed by atoms with Crippen LogP contribution in [-0.4, -0.2) is 41.2 Å². The molecule has 8 heteroatoms. The molecule has 1 N–H and O–H groups in total. The third kappa shape index (κ3) is 7.73. The Balaban J connectivity index is 2.75. The Labute approximate surface area is 132 Å². The van der Waals surface area contributed by atoms with E-state index in [1.54, 1.807) is 20.8 Å². The quantitative estimate of drug-likeness (QED) is 0.897. The van der Waals surface area contributed by atoms with Crippen LogP contribution < -0.4 is 4.74 Å². The fourth-order valence-corrected chi connectivity index (χ4v) is 1.70. The fraction of sp³-hybridized carbons (Fsp3) is 0.533. The number of aliphatic hydroxyl groups is 1. The van der Waals surface area contributed by atoms with Gasteiger partial charge in [-0.15, -0.1) is 13.2 Å². The molecule has 1 rings (SSSR count). The van der Waals surface area contributed by atoms with Crippen LogP contribution in [0.15, 0.2) is 24.3 Å². The normalized spacial score (nSPS) is 12.0. The number of benzene rings is 1. The summed E-state index contributed by atoms with van der Waals surface area (Å²) in [7, 11) is 0. The highest BCUT2D eigenvalue weighted by molar-refractivity contribution is 5.68. The van der Waals surface area contributed by atoms with Crippen molar-refractivity contribution < 1.29 is 32.5 Å². The molecule has 0 fully saturated rings.